The molecule has 0 saturated carbocycles. The Hall–Kier alpha value is -1.45. The summed E-state index contributed by atoms with van der Waals surface area (Å²) in [6.07, 6.45) is 3.61. The molecule has 1 rings (SSSR count). The number of nitrogens with two attached hydrogens (primary N) is 2. The largest absolute Gasteiger partial charge is 0.506 e. The number of aromatic hydroxyl groups is 1. The molecular weight excluding hydrogens is 326 g/mol. The second-order valence-corrected chi connectivity index (χ2v) is 4.74. The molecule has 0 aromatic carbocycles. The summed E-state index contributed by atoms with van der Waals surface area (Å²) < 4.78 is 0. The molecule has 0 saturated heterocycles. The monoisotopic (exact) mass is 351 g/mol. The van der Waals surface area contributed by atoms with Gasteiger partial charge in [0, 0.05) is 17.3 Å². The molecule has 0 bridgehead atoms. The number of hydrogen-bond acceptors (Lipinski definition) is 7. The number of carboxylic acid groups (broad SMARTS) is 1. The van der Waals surface area contributed by atoms with Crippen molar-refractivity contribution < 1.29 is 25.2 Å². The maximum atomic E-state index is 10.1. The molecule has 8 nitrogen and oxygen atoms in total. The summed E-state index contributed by atoms with van der Waals surface area (Å²) >= 11 is 0. The molecule has 1 aromatic rings. The highest BCUT2D eigenvalue weighted by molar-refractivity contribution is 5.85. The van der Waals surface area contributed by atoms with Gasteiger partial charge in [-0.3, -0.25) is 9.78 Å². The molecule has 0 radical (unpaired) electrons. The number of aliphatic hydroxyl groups excluding tert-OH is 2. The number of aryl methyl sites for hydroxylation is 1. The molecule has 0 aliphatic heterocycles. The van der Waals surface area contributed by atoms with Crippen molar-refractivity contribution in [3.05, 3.63) is 23.0 Å². The van der Waals surface area contributed by atoms with Crippen molar-refractivity contribution in [2.75, 3.05) is 6.54 Å². The van der Waals surface area contributed by atoms with E-state index in [9.17, 15) is 9.90 Å². The molecule has 9 heteroatoms. The minimum atomic E-state index is -0.933. The van der Waals surface area contributed by atoms with Gasteiger partial charge in [-0.2, -0.15) is 0 Å². The Kier molecular flexibility index (Phi) is 13.5. The highest BCUT2D eigenvalue weighted by Gasteiger charge is 2.09. The van der Waals surface area contributed by atoms with Crippen LogP contribution in [0.3, 0.4) is 0 Å². The Bertz CT molecular complexity index is 474. The van der Waals surface area contributed by atoms with Crippen LogP contribution in [0, 0.1) is 6.92 Å². The minimum absolute atomic E-state index is 0. The van der Waals surface area contributed by atoms with Gasteiger partial charge < -0.3 is 31.9 Å². The third kappa shape index (κ3) is 8.68. The van der Waals surface area contributed by atoms with E-state index < -0.39 is 12.0 Å². The summed E-state index contributed by atoms with van der Waals surface area (Å²) in [5.74, 6) is -0.971. The molecule has 134 valence electrons. The molecule has 0 unspecified atom stereocenters. The third-order valence-electron chi connectivity index (χ3n) is 3.05. The number of carboxylic acids is 1. The lowest BCUT2D eigenvalue weighted by Gasteiger charge is -2.07. The standard InChI is InChI=1S/C8H11NO3.C6H14N2O2.ClH/c1-5-8(12)7(4-11)6(3-10)2-9-5;7-4-2-1-3-5(8)6(9)10;/h2,10-12H,3-4H2,1H3;5H,1-4,7-8H2,(H,9,10);1H/t;5-;/m.0./s1. The molecule has 0 aliphatic rings. The second kappa shape index (κ2) is 13.0. The van der Waals surface area contributed by atoms with Crippen LogP contribution >= 0.6 is 12.4 Å². The van der Waals surface area contributed by atoms with Gasteiger partial charge >= 0.3 is 5.97 Å². The Morgan fingerprint density at radius 2 is 1.91 bits per heavy atom. The van der Waals surface area contributed by atoms with Crippen molar-refractivity contribution in [3.63, 3.8) is 0 Å². The van der Waals surface area contributed by atoms with Gasteiger partial charge in [0.25, 0.3) is 0 Å². The molecule has 0 amide bonds. The smallest absolute Gasteiger partial charge is 0.320 e. The van der Waals surface area contributed by atoms with E-state index in [1.54, 1.807) is 6.92 Å². The van der Waals surface area contributed by atoms with Gasteiger partial charge in [-0.1, -0.05) is 6.42 Å². The van der Waals surface area contributed by atoms with Crippen LogP contribution in [0.25, 0.3) is 0 Å². The first-order valence-electron chi connectivity index (χ1n) is 6.95. The van der Waals surface area contributed by atoms with Crippen LogP contribution in [0.4, 0.5) is 0 Å². The Morgan fingerprint density at radius 1 is 1.30 bits per heavy atom. The van der Waals surface area contributed by atoms with E-state index in [1.807, 2.05) is 0 Å². The molecular formula is C14H26ClN3O5. The van der Waals surface area contributed by atoms with Gasteiger partial charge in [-0.15, -0.1) is 12.4 Å². The number of carbonyl (C=O) groups is 1. The van der Waals surface area contributed by atoms with E-state index in [-0.39, 0.29) is 31.4 Å². The summed E-state index contributed by atoms with van der Waals surface area (Å²) in [6, 6.07) is -0.716. The Morgan fingerprint density at radius 3 is 2.35 bits per heavy atom. The van der Waals surface area contributed by atoms with E-state index in [0.717, 1.165) is 12.8 Å². The van der Waals surface area contributed by atoms with Crippen LogP contribution in [-0.4, -0.2) is 44.0 Å². The number of pyridine rings is 1. The summed E-state index contributed by atoms with van der Waals surface area (Å²) in [5, 5.41) is 35.4. The van der Waals surface area contributed by atoms with E-state index in [1.165, 1.54) is 6.20 Å². The maximum Gasteiger partial charge on any atom is 0.320 e. The minimum Gasteiger partial charge on any atom is -0.506 e. The maximum absolute atomic E-state index is 10.1. The first-order chi connectivity index (χ1) is 10.4. The van der Waals surface area contributed by atoms with E-state index in [0.29, 0.717) is 29.8 Å². The normalized spacial score (nSPS) is 11.0. The quantitative estimate of drug-likeness (QED) is 0.374. The summed E-state index contributed by atoms with van der Waals surface area (Å²) in [7, 11) is 0. The fourth-order valence-corrected chi connectivity index (χ4v) is 1.63. The van der Waals surface area contributed by atoms with Gasteiger partial charge in [0.15, 0.2) is 0 Å². The number of aliphatic carboxylic acids is 1. The zero-order chi connectivity index (χ0) is 17.1. The van der Waals surface area contributed by atoms with Crippen molar-refractivity contribution >= 4 is 18.4 Å². The van der Waals surface area contributed by atoms with Crippen LogP contribution in [-0.2, 0) is 18.0 Å². The van der Waals surface area contributed by atoms with Crippen molar-refractivity contribution in [1.29, 1.82) is 0 Å². The predicted molar refractivity (Wildman–Crippen MR) is 88.2 cm³/mol. The van der Waals surface area contributed by atoms with Crippen LogP contribution in [0.1, 0.15) is 36.1 Å². The highest BCUT2D eigenvalue weighted by Crippen LogP contribution is 2.23. The number of aromatic nitrogens is 1. The molecule has 1 atom stereocenters. The van der Waals surface area contributed by atoms with Crippen LogP contribution in [0.2, 0.25) is 0 Å². The molecule has 0 aliphatic carbocycles. The molecule has 0 spiro atoms. The number of aliphatic hydroxyl groups is 2. The Labute approximate surface area is 141 Å². The molecule has 1 heterocycles. The summed E-state index contributed by atoms with van der Waals surface area (Å²) in [5.41, 5.74) is 11.7. The predicted octanol–water partition coefficient (Wildman–Crippen LogP) is 0.0293. The van der Waals surface area contributed by atoms with Crippen molar-refractivity contribution in [1.82, 2.24) is 4.98 Å². The fraction of sp³-hybridized carbons (Fsp3) is 0.571. The van der Waals surface area contributed by atoms with Crippen molar-refractivity contribution in [3.8, 4) is 5.75 Å². The lowest BCUT2D eigenvalue weighted by Crippen LogP contribution is -2.29. The highest BCUT2D eigenvalue weighted by atomic mass is 35.5. The number of nitrogens with zero attached hydrogens (tertiary/aromatic N) is 1. The third-order valence-corrected chi connectivity index (χ3v) is 3.05. The van der Waals surface area contributed by atoms with Crippen LogP contribution in [0.5, 0.6) is 5.75 Å². The molecule has 8 N–H and O–H groups in total. The number of hydrogen-bond donors (Lipinski definition) is 6. The van der Waals surface area contributed by atoms with Gasteiger partial charge in [-0.25, -0.2) is 0 Å². The zero-order valence-corrected chi connectivity index (χ0v) is 13.9. The van der Waals surface area contributed by atoms with Crippen LogP contribution in [0.15, 0.2) is 6.20 Å². The second-order valence-electron chi connectivity index (χ2n) is 4.74. The fourth-order valence-electron chi connectivity index (χ4n) is 1.63. The first kappa shape index (κ1) is 23.8. The summed E-state index contributed by atoms with van der Waals surface area (Å²) in [4.78, 5) is 14.0. The van der Waals surface area contributed by atoms with Gasteiger partial charge in [0.05, 0.1) is 18.9 Å². The SMILES string of the molecule is Cc1ncc(CO)c(CO)c1O.Cl.NCCCC[C@H](N)C(=O)O. The van der Waals surface area contributed by atoms with E-state index >= 15 is 0 Å². The zero-order valence-electron chi connectivity index (χ0n) is 13.1. The summed E-state index contributed by atoms with van der Waals surface area (Å²) in [6.45, 7) is 1.73. The first-order valence-corrected chi connectivity index (χ1v) is 6.95. The van der Waals surface area contributed by atoms with E-state index in [4.69, 9.17) is 26.8 Å². The Balaban J connectivity index is 0. The van der Waals surface area contributed by atoms with Gasteiger partial charge in [0.1, 0.15) is 11.8 Å². The van der Waals surface area contributed by atoms with Gasteiger partial charge in [0.2, 0.25) is 0 Å². The number of halogens is 1. The molecule has 23 heavy (non-hydrogen) atoms. The average Bonchev–Trinajstić information content (AvgIpc) is 2.50. The number of rotatable bonds is 7. The molecule has 1 aromatic heterocycles. The van der Waals surface area contributed by atoms with Crippen molar-refractivity contribution in [2.24, 2.45) is 11.5 Å². The lowest BCUT2D eigenvalue weighted by molar-refractivity contribution is -0.138. The van der Waals surface area contributed by atoms with Crippen molar-refractivity contribution in [2.45, 2.75) is 45.4 Å². The van der Waals surface area contributed by atoms with E-state index in [2.05, 4.69) is 4.98 Å². The lowest BCUT2D eigenvalue weighted by atomic mass is 10.1. The number of unbranched alkanes of at least 4 members (excludes halogenated alkanes) is 1. The topological polar surface area (TPSA) is 163 Å². The van der Waals surface area contributed by atoms with Crippen LogP contribution < -0.4 is 11.5 Å². The molecule has 0 fully saturated rings. The van der Waals surface area contributed by atoms with Gasteiger partial charge in [-0.05, 0) is 26.3 Å². The average molecular weight is 352 g/mol.